The Morgan fingerprint density at radius 1 is 1.56 bits per heavy atom. The Labute approximate surface area is 107 Å². The van der Waals surface area contributed by atoms with Crippen molar-refractivity contribution in [3.05, 3.63) is 17.5 Å². The minimum absolute atomic E-state index is 0.641. The van der Waals surface area contributed by atoms with Gasteiger partial charge in [-0.15, -0.1) is 0 Å². The van der Waals surface area contributed by atoms with Gasteiger partial charge in [0.25, 0.3) is 0 Å². The first-order chi connectivity index (χ1) is 8.77. The summed E-state index contributed by atoms with van der Waals surface area (Å²) in [5, 5.41) is 6.94. The molecule has 0 saturated carbocycles. The molecular formula is C12H21N5O. The molecule has 3 N–H and O–H groups in total. The number of aromatic amines is 1. The SMILES string of the molecule is Cc1[nH]ncc1CCCN=C(N)N1CCOCC1. The molecule has 1 aromatic rings. The van der Waals surface area contributed by atoms with Crippen LogP contribution in [0.1, 0.15) is 17.7 Å². The summed E-state index contributed by atoms with van der Waals surface area (Å²) in [7, 11) is 0. The zero-order valence-electron chi connectivity index (χ0n) is 10.9. The standard InChI is InChI=1S/C12H21N5O/c1-10-11(9-15-16-10)3-2-4-14-12(13)17-5-7-18-8-6-17/h9H,2-8H2,1H3,(H2,13,14)(H,15,16). The average Bonchev–Trinajstić information content (AvgIpc) is 2.81. The number of H-pyrrole nitrogens is 1. The maximum absolute atomic E-state index is 5.94. The van der Waals surface area contributed by atoms with E-state index in [0.717, 1.165) is 51.4 Å². The van der Waals surface area contributed by atoms with Gasteiger partial charge in [0.2, 0.25) is 0 Å². The smallest absolute Gasteiger partial charge is 0.191 e. The fourth-order valence-electron chi connectivity index (χ4n) is 1.98. The molecule has 2 rings (SSSR count). The number of aryl methyl sites for hydroxylation is 2. The first kappa shape index (κ1) is 12.9. The minimum Gasteiger partial charge on any atom is -0.378 e. The van der Waals surface area contributed by atoms with Crippen molar-refractivity contribution in [2.45, 2.75) is 19.8 Å². The van der Waals surface area contributed by atoms with Crippen LogP contribution in [-0.4, -0.2) is 53.9 Å². The van der Waals surface area contributed by atoms with E-state index in [2.05, 4.69) is 20.1 Å². The quantitative estimate of drug-likeness (QED) is 0.458. The molecule has 2 heterocycles. The van der Waals surface area contributed by atoms with Gasteiger partial charge in [-0.1, -0.05) is 0 Å². The monoisotopic (exact) mass is 251 g/mol. The van der Waals surface area contributed by atoms with Gasteiger partial charge in [-0.25, -0.2) is 0 Å². The topological polar surface area (TPSA) is 79.5 Å². The van der Waals surface area contributed by atoms with Gasteiger partial charge in [-0.3, -0.25) is 10.1 Å². The number of guanidine groups is 1. The predicted octanol–water partition coefficient (Wildman–Crippen LogP) is 0.298. The van der Waals surface area contributed by atoms with E-state index in [0.29, 0.717) is 5.96 Å². The van der Waals surface area contributed by atoms with Crippen molar-refractivity contribution in [2.24, 2.45) is 10.7 Å². The summed E-state index contributed by atoms with van der Waals surface area (Å²) in [5.41, 5.74) is 8.34. The summed E-state index contributed by atoms with van der Waals surface area (Å²) in [6.45, 7) is 5.96. The van der Waals surface area contributed by atoms with Gasteiger partial charge in [0.15, 0.2) is 5.96 Å². The Kier molecular flexibility index (Phi) is 4.58. The van der Waals surface area contributed by atoms with Crippen LogP contribution in [0.5, 0.6) is 0 Å². The highest BCUT2D eigenvalue weighted by atomic mass is 16.5. The molecule has 0 aromatic carbocycles. The third kappa shape index (κ3) is 3.46. The summed E-state index contributed by atoms with van der Waals surface area (Å²) >= 11 is 0. The first-order valence-corrected chi connectivity index (χ1v) is 6.39. The number of hydrogen-bond acceptors (Lipinski definition) is 3. The van der Waals surface area contributed by atoms with E-state index in [1.54, 1.807) is 0 Å². The van der Waals surface area contributed by atoms with Crippen LogP contribution >= 0.6 is 0 Å². The second-order valence-electron chi connectivity index (χ2n) is 4.46. The number of morpholine rings is 1. The van der Waals surface area contributed by atoms with E-state index < -0.39 is 0 Å². The molecule has 1 aliphatic heterocycles. The molecule has 0 unspecified atom stereocenters. The normalized spacial score (nSPS) is 17.2. The first-order valence-electron chi connectivity index (χ1n) is 6.39. The highest BCUT2D eigenvalue weighted by Gasteiger charge is 2.11. The second kappa shape index (κ2) is 6.39. The highest BCUT2D eigenvalue weighted by Crippen LogP contribution is 2.05. The van der Waals surface area contributed by atoms with Gasteiger partial charge in [0.05, 0.1) is 19.4 Å². The van der Waals surface area contributed by atoms with Crippen molar-refractivity contribution in [3.8, 4) is 0 Å². The fourth-order valence-corrected chi connectivity index (χ4v) is 1.98. The fraction of sp³-hybridized carbons (Fsp3) is 0.667. The van der Waals surface area contributed by atoms with Crippen molar-refractivity contribution < 1.29 is 4.74 Å². The maximum atomic E-state index is 5.94. The molecule has 0 radical (unpaired) electrons. The molecule has 0 aliphatic carbocycles. The summed E-state index contributed by atoms with van der Waals surface area (Å²) in [4.78, 5) is 6.49. The Bertz CT molecular complexity index is 395. The summed E-state index contributed by atoms with van der Waals surface area (Å²) < 4.78 is 5.28. The van der Waals surface area contributed by atoms with Crippen LogP contribution < -0.4 is 5.73 Å². The van der Waals surface area contributed by atoms with Crippen molar-refractivity contribution in [2.75, 3.05) is 32.8 Å². The Hall–Kier alpha value is -1.56. The number of nitrogens with zero attached hydrogens (tertiary/aromatic N) is 3. The molecule has 18 heavy (non-hydrogen) atoms. The van der Waals surface area contributed by atoms with Crippen LogP contribution in [0, 0.1) is 6.92 Å². The molecule has 1 aromatic heterocycles. The van der Waals surface area contributed by atoms with Crippen LogP contribution in [-0.2, 0) is 11.2 Å². The van der Waals surface area contributed by atoms with Crippen LogP contribution in [0.25, 0.3) is 0 Å². The molecule has 0 spiro atoms. The highest BCUT2D eigenvalue weighted by molar-refractivity contribution is 5.78. The van der Waals surface area contributed by atoms with E-state index in [4.69, 9.17) is 10.5 Å². The molecule has 6 nitrogen and oxygen atoms in total. The van der Waals surface area contributed by atoms with Gasteiger partial charge >= 0.3 is 0 Å². The van der Waals surface area contributed by atoms with E-state index in [1.165, 1.54) is 5.56 Å². The maximum Gasteiger partial charge on any atom is 0.191 e. The molecule has 0 atom stereocenters. The summed E-state index contributed by atoms with van der Waals surface area (Å²) in [6, 6.07) is 0. The number of nitrogens with one attached hydrogen (secondary N) is 1. The number of rotatable bonds is 4. The van der Waals surface area contributed by atoms with Crippen LogP contribution in [0.2, 0.25) is 0 Å². The molecule has 1 aliphatic rings. The number of ether oxygens (including phenoxy) is 1. The number of nitrogens with two attached hydrogens (primary N) is 1. The van der Waals surface area contributed by atoms with Crippen molar-refractivity contribution in [1.82, 2.24) is 15.1 Å². The molecule has 0 amide bonds. The van der Waals surface area contributed by atoms with E-state index in [1.807, 2.05) is 13.1 Å². The van der Waals surface area contributed by atoms with Crippen LogP contribution in [0.4, 0.5) is 0 Å². The molecule has 1 fully saturated rings. The summed E-state index contributed by atoms with van der Waals surface area (Å²) in [6.07, 6.45) is 3.86. The van der Waals surface area contributed by atoms with Crippen molar-refractivity contribution >= 4 is 5.96 Å². The van der Waals surface area contributed by atoms with Crippen molar-refractivity contribution in [1.29, 1.82) is 0 Å². The van der Waals surface area contributed by atoms with Gasteiger partial charge in [-0.05, 0) is 25.3 Å². The largest absolute Gasteiger partial charge is 0.378 e. The van der Waals surface area contributed by atoms with E-state index in [-0.39, 0.29) is 0 Å². The molecule has 0 bridgehead atoms. The lowest BCUT2D eigenvalue weighted by Crippen LogP contribution is -2.44. The van der Waals surface area contributed by atoms with E-state index >= 15 is 0 Å². The lowest BCUT2D eigenvalue weighted by molar-refractivity contribution is 0.0674. The average molecular weight is 251 g/mol. The summed E-state index contributed by atoms with van der Waals surface area (Å²) in [5.74, 6) is 0.641. The molecule has 1 saturated heterocycles. The van der Waals surface area contributed by atoms with Crippen molar-refractivity contribution in [3.63, 3.8) is 0 Å². The third-order valence-electron chi connectivity index (χ3n) is 3.15. The molecule has 100 valence electrons. The zero-order chi connectivity index (χ0) is 12.8. The van der Waals surface area contributed by atoms with E-state index in [9.17, 15) is 0 Å². The van der Waals surface area contributed by atoms with Gasteiger partial charge in [0, 0.05) is 25.3 Å². The molecule has 6 heteroatoms. The number of hydrogen-bond donors (Lipinski definition) is 2. The van der Waals surface area contributed by atoms with Crippen LogP contribution in [0.15, 0.2) is 11.2 Å². The Morgan fingerprint density at radius 3 is 3.00 bits per heavy atom. The molecular weight excluding hydrogens is 230 g/mol. The third-order valence-corrected chi connectivity index (χ3v) is 3.15. The van der Waals surface area contributed by atoms with Gasteiger partial charge in [-0.2, -0.15) is 5.10 Å². The number of aromatic nitrogens is 2. The Balaban J connectivity index is 1.72. The number of aliphatic imine (C=N–C) groups is 1. The van der Waals surface area contributed by atoms with Crippen LogP contribution in [0.3, 0.4) is 0 Å². The van der Waals surface area contributed by atoms with Gasteiger partial charge in [0.1, 0.15) is 0 Å². The lowest BCUT2D eigenvalue weighted by atomic mass is 10.1. The predicted molar refractivity (Wildman–Crippen MR) is 70.5 cm³/mol. The Morgan fingerprint density at radius 2 is 2.33 bits per heavy atom. The second-order valence-corrected chi connectivity index (χ2v) is 4.46. The van der Waals surface area contributed by atoms with Gasteiger partial charge < -0.3 is 15.4 Å². The zero-order valence-corrected chi connectivity index (χ0v) is 10.9. The minimum atomic E-state index is 0.641. The lowest BCUT2D eigenvalue weighted by Gasteiger charge is -2.27.